The maximum absolute atomic E-state index is 12.9. The first kappa shape index (κ1) is 20.2. The molecule has 0 unspecified atom stereocenters. The van der Waals surface area contributed by atoms with Crippen LogP contribution in [0.5, 0.6) is 0 Å². The molecule has 7 nitrogen and oxygen atoms in total. The number of ketones is 1. The molecule has 0 aromatic carbocycles. The molecular formula is C21H27N3O4S. The zero-order valence-corrected chi connectivity index (χ0v) is 17.6. The first-order valence-electron chi connectivity index (χ1n) is 10.4. The van der Waals surface area contributed by atoms with Crippen LogP contribution >= 0.6 is 11.3 Å². The van der Waals surface area contributed by atoms with E-state index in [9.17, 15) is 9.59 Å². The van der Waals surface area contributed by atoms with Gasteiger partial charge in [-0.1, -0.05) is 6.42 Å². The molecule has 8 heteroatoms. The standard InChI is InChI=1S/C21H27N3O4S/c1-14(25)17-7-8-18(29-17)21-23-22-19(28-21)9-10-20(26)24(12-15-4-2-5-15)13-16-6-3-11-27-16/h7-8,15-16H,2-6,9-13H2,1H3/t16-/m0/s1. The average molecular weight is 418 g/mol. The highest BCUT2D eigenvalue weighted by atomic mass is 32.1. The third-order valence-electron chi connectivity index (χ3n) is 5.69. The fraction of sp³-hybridized carbons (Fsp3) is 0.619. The number of ether oxygens (including phenoxy) is 1. The number of carbonyl (C=O) groups is 2. The van der Waals surface area contributed by atoms with Crippen LogP contribution in [0.25, 0.3) is 10.8 Å². The minimum atomic E-state index is 0.0179. The summed E-state index contributed by atoms with van der Waals surface area (Å²) < 4.78 is 11.5. The Balaban J connectivity index is 1.34. The normalized spacial score (nSPS) is 19.3. The van der Waals surface area contributed by atoms with Gasteiger partial charge in [-0.05, 0) is 50.7 Å². The Bertz CT molecular complexity index is 852. The van der Waals surface area contributed by atoms with Crippen molar-refractivity contribution in [3.63, 3.8) is 0 Å². The summed E-state index contributed by atoms with van der Waals surface area (Å²) in [5.41, 5.74) is 0. The Kier molecular flexibility index (Phi) is 6.40. The number of hydrogen-bond donors (Lipinski definition) is 0. The minimum Gasteiger partial charge on any atom is -0.420 e. The molecule has 1 saturated heterocycles. The minimum absolute atomic E-state index is 0.0179. The summed E-state index contributed by atoms with van der Waals surface area (Å²) in [5.74, 6) is 1.62. The number of carbonyl (C=O) groups excluding carboxylic acids is 2. The second kappa shape index (κ2) is 9.17. The molecule has 4 rings (SSSR count). The smallest absolute Gasteiger partial charge is 0.257 e. The van der Waals surface area contributed by atoms with E-state index in [1.807, 2.05) is 11.0 Å². The Labute approximate surface area is 174 Å². The van der Waals surface area contributed by atoms with Crippen molar-refractivity contribution in [1.29, 1.82) is 0 Å². The lowest BCUT2D eigenvalue weighted by Crippen LogP contribution is -2.41. The van der Waals surface area contributed by atoms with E-state index < -0.39 is 0 Å². The van der Waals surface area contributed by atoms with Crippen LogP contribution in [0.15, 0.2) is 16.5 Å². The van der Waals surface area contributed by atoms with E-state index in [1.54, 1.807) is 6.07 Å². The van der Waals surface area contributed by atoms with Gasteiger partial charge in [0.25, 0.3) is 5.89 Å². The second-order valence-electron chi connectivity index (χ2n) is 7.95. The highest BCUT2D eigenvalue weighted by molar-refractivity contribution is 7.17. The summed E-state index contributed by atoms with van der Waals surface area (Å²) in [6, 6.07) is 3.57. The quantitative estimate of drug-likeness (QED) is 0.578. The van der Waals surface area contributed by atoms with Crippen molar-refractivity contribution in [3.05, 3.63) is 22.9 Å². The molecule has 1 aliphatic carbocycles. The van der Waals surface area contributed by atoms with E-state index in [1.165, 1.54) is 37.5 Å². The van der Waals surface area contributed by atoms with Crippen LogP contribution in [-0.4, -0.2) is 52.6 Å². The van der Waals surface area contributed by atoms with Crippen LogP contribution in [0.2, 0.25) is 0 Å². The van der Waals surface area contributed by atoms with Crippen molar-refractivity contribution < 1.29 is 18.7 Å². The van der Waals surface area contributed by atoms with Crippen molar-refractivity contribution in [1.82, 2.24) is 15.1 Å². The first-order chi connectivity index (χ1) is 14.1. The van der Waals surface area contributed by atoms with Crippen LogP contribution in [0.1, 0.15) is 61.0 Å². The molecular weight excluding hydrogens is 390 g/mol. The highest BCUT2D eigenvalue weighted by Gasteiger charge is 2.27. The summed E-state index contributed by atoms with van der Waals surface area (Å²) in [7, 11) is 0. The van der Waals surface area contributed by atoms with Crippen molar-refractivity contribution in [2.24, 2.45) is 5.92 Å². The zero-order chi connectivity index (χ0) is 20.2. The maximum atomic E-state index is 12.9. The number of thiophene rings is 1. The Morgan fingerprint density at radius 3 is 2.69 bits per heavy atom. The van der Waals surface area contributed by atoms with Crippen LogP contribution < -0.4 is 0 Å². The van der Waals surface area contributed by atoms with Gasteiger partial charge in [0.1, 0.15) is 0 Å². The number of amides is 1. The first-order valence-corrected chi connectivity index (χ1v) is 11.2. The lowest BCUT2D eigenvalue weighted by atomic mass is 9.85. The van der Waals surface area contributed by atoms with Crippen molar-refractivity contribution in [2.75, 3.05) is 19.7 Å². The predicted molar refractivity (Wildman–Crippen MR) is 109 cm³/mol. The molecule has 1 saturated carbocycles. The molecule has 29 heavy (non-hydrogen) atoms. The molecule has 1 amide bonds. The molecule has 0 radical (unpaired) electrons. The predicted octanol–water partition coefficient (Wildman–Crippen LogP) is 3.74. The lowest BCUT2D eigenvalue weighted by molar-refractivity contribution is -0.134. The van der Waals surface area contributed by atoms with Gasteiger partial charge in [0.15, 0.2) is 5.78 Å². The summed E-state index contributed by atoms with van der Waals surface area (Å²) >= 11 is 1.34. The third kappa shape index (κ3) is 5.11. The van der Waals surface area contributed by atoms with E-state index in [0.717, 1.165) is 30.9 Å². The Morgan fingerprint density at radius 2 is 2.03 bits per heavy atom. The lowest BCUT2D eigenvalue weighted by Gasteiger charge is -2.33. The molecule has 0 spiro atoms. The number of Topliss-reactive ketones (excluding diaryl/α,β-unsaturated/α-hetero) is 1. The zero-order valence-electron chi connectivity index (χ0n) is 16.8. The van der Waals surface area contributed by atoms with Crippen molar-refractivity contribution in [3.8, 4) is 10.8 Å². The van der Waals surface area contributed by atoms with Gasteiger partial charge in [-0.2, -0.15) is 0 Å². The third-order valence-corrected chi connectivity index (χ3v) is 6.86. The molecule has 0 N–H and O–H groups in total. The van der Waals surface area contributed by atoms with Crippen molar-refractivity contribution in [2.45, 2.75) is 58.0 Å². The second-order valence-corrected chi connectivity index (χ2v) is 9.04. The molecule has 0 bridgehead atoms. The van der Waals surface area contributed by atoms with Crippen LogP contribution in [0.3, 0.4) is 0 Å². The van der Waals surface area contributed by atoms with Gasteiger partial charge >= 0.3 is 0 Å². The van der Waals surface area contributed by atoms with Crippen LogP contribution in [0.4, 0.5) is 0 Å². The number of aryl methyl sites for hydroxylation is 1. The van der Waals surface area contributed by atoms with Crippen molar-refractivity contribution >= 4 is 23.0 Å². The summed E-state index contributed by atoms with van der Waals surface area (Å²) in [6.45, 7) is 3.85. The average Bonchev–Trinajstić information content (AvgIpc) is 3.42. The Morgan fingerprint density at radius 1 is 1.17 bits per heavy atom. The number of aromatic nitrogens is 2. The fourth-order valence-electron chi connectivity index (χ4n) is 3.77. The molecule has 2 aromatic heterocycles. The van der Waals surface area contributed by atoms with Gasteiger partial charge in [0, 0.05) is 32.5 Å². The van der Waals surface area contributed by atoms with Gasteiger partial charge in [-0.3, -0.25) is 9.59 Å². The van der Waals surface area contributed by atoms with E-state index >= 15 is 0 Å². The largest absolute Gasteiger partial charge is 0.420 e. The molecule has 2 aliphatic rings. The van der Waals surface area contributed by atoms with Crippen LogP contribution in [0, 0.1) is 5.92 Å². The molecule has 2 fully saturated rings. The molecule has 2 aromatic rings. The summed E-state index contributed by atoms with van der Waals surface area (Å²) in [5, 5.41) is 8.15. The summed E-state index contributed by atoms with van der Waals surface area (Å²) in [6.07, 6.45) is 6.75. The molecule has 3 heterocycles. The molecule has 1 atom stereocenters. The number of nitrogens with zero attached hydrogens (tertiary/aromatic N) is 3. The van der Waals surface area contributed by atoms with Crippen LogP contribution in [-0.2, 0) is 16.0 Å². The molecule has 156 valence electrons. The monoisotopic (exact) mass is 417 g/mol. The SMILES string of the molecule is CC(=O)c1ccc(-c2nnc(CCC(=O)N(CC3CCC3)C[C@@H]3CCCO3)o2)s1. The van der Waals surface area contributed by atoms with Gasteiger partial charge in [0.2, 0.25) is 11.8 Å². The Hall–Kier alpha value is -2.06. The van der Waals surface area contributed by atoms with Gasteiger partial charge in [-0.25, -0.2) is 0 Å². The summed E-state index contributed by atoms with van der Waals surface area (Å²) in [4.78, 5) is 27.7. The number of hydrogen-bond acceptors (Lipinski definition) is 7. The van der Waals surface area contributed by atoms with Gasteiger partial charge in [-0.15, -0.1) is 21.5 Å². The highest BCUT2D eigenvalue weighted by Crippen LogP contribution is 2.29. The van der Waals surface area contributed by atoms with E-state index in [2.05, 4.69) is 10.2 Å². The molecule has 1 aliphatic heterocycles. The van der Waals surface area contributed by atoms with E-state index in [4.69, 9.17) is 9.15 Å². The van der Waals surface area contributed by atoms with Gasteiger partial charge in [0.05, 0.1) is 15.9 Å². The number of rotatable bonds is 9. The van der Waals surface area contributed by atoms with Gasteiger partial charge < -0.3 is 14.1 Å². The topological polar surface area (TPSA) is 85.5 Å². The van der Waals surface area contributed by atoms with E-state index in [-0.39, 0.29) is 17.8 Å². The maximum Gasteiger partial charge on any atom is 0.257 e. The fourth-order valence-corrected chi connectivity index (χ4v) is 4.59. The van der Waals surface area contributed by atoms with E-state index in [0.29, 0.717) is 42.0 Å².